The molecule has 0 aromatic carbocycles. The van der Waals surface area contributed by atoms with Crippen LogP contribution in [0.2, 0.25) is 0 Å². The summed E-state index contributed by atoms with van der Waals surface area (Å²) in [7, 11) is 2.08. The first kappa shape index (κ1) is 36.8. The number of carbonyl (C=O) groups is 3. The van der Waals surface area contributed by atoms with E-state index in [1.54, 1.807) is 6.92 Å². The fourth-order valence-electron chi connectivity index (χ4n) is 9.60. The standard InChI is InChI=1S/C37H58N2O10/c1-5-23-7-6-8-30(49-32(41)19-39-13-11-38(4)12-14-39)20(2)33(42)29-17-27-25(28(29)18-31(40)47-23)10-9-22-15-24(16-26(22)27)48-37-36(45)35(44)34(43)21(3)46-37/h17,20-28,30,34-37,43-45H,5-16,18-19H2,1-4H3/t20?,21-,22?,23?,24?,25?,26?,27?,28?,30?,34-,35+,36+,37-/m0/s1. The Morgan fingerprint density at radius 1 is 0.959 bits per heavy atom. The number of likely N-dealkylation sites (N-methyl/N-ethyl adjacent to an activating group) is 1. The zero-order valence-electron chi connectivity index (χ0n) is 29.7. The summed E-state index contributed by atoms with van der Waals surface area (Å²) in [4.78, 5) is 45.4. The Morgan fingerprint density at radius 2 is 1.71 bits per heavy atom. The molecule has 0 bridgehead atoms. The summed E-state index contributed by atoms with van der Waals surface area (Å²) < 4.78 is 24.1. The number of aliphatic hydroxyl groups excluding tert-OH is 3. The van der Waals surface area contributed by atoms with Crippen LogP contribution in [0.1, 0.15) is 78.6 Å². The average molecular weight is 691 g/mol. The fourth-order valence-corrected chi connectivity index (χ4v) is 9.60. The first-order chi connectivity index (χ1) is 23.4. The number of hydrogen-bond donors (Lipinski definition) is 3. The number of hydrogen-bond acceptors (Lipinski definition) is 12. The molecule has 6 rings (SSSR count). The van der Waals surface area contributed by atoms with Gasteiger partial charge in [0.15, 0.2) is 12.1 Å². The van der Waals surface area contributed by atoms with Crippen LogP contribution in [0.5, 0.6) is 0 Å². The Morgan fingerprint density at radius 3 is 2.45 bits per heavy atom. The van der Waals surface area contributed by atoms with E-state index in [1.807, 2.05) is 13.8 Å². The lowest BCUT2D eigenvalue weighted by Gasteiger charge is -2.40. The molecule has 0 spiro atoms. The normalized spacial score (nSPS) is 44.1. The van der Waals surface area contributed by atoms with E-state index in [2.05, 4.69) is 22.9 Å². The lowest BCUT2D eigenvalue weighted by molar-refractivity contribution is -0.303. The molecule has 3 aliphatic heterocycles. The Bertz CT molecular complexity index is 1220. The Labute approximate surface area is 290 Å². The van der Waals surface area contributed by atoms with Gasteiger partial charge in [-0.2, -0.15) is 0 Å². The van der Waals surface area contributed by atoms with Crippen LogP contribution in [-0.4, -0.2) is 132 Å². The smallest absolute Gasteiger partial charge is 0.320 e. The molecular formula is C37H58N2O10. The topological polar surface area (TPSA) is 155 Å². The zero-order chi connectivity index (χ0) is 35.0. The lowest BCUT2D eigenvalue weighted by atomic mass is 9.66. The number of allylic oxidation sites excluding steroid dienone is 2. The van der Waals surface area contributed by atoms with Crippen molar-refractivity contribution in [2.45, 2.75) is 128 Å². The van der Waals surface area contributed by atoms with Gasteiger partial charge >= 0.3 is 11.9 Å². The minimum Gasteiger partial charge on any atom is -0.462 e. The number of ether oxygens (including phenoxy) is 4. The van der Waals surface area contributed by atoms with Gasteiger partial charge in [0.2, 0.25) is 0 Å². The van der Waals surface area contributed by atoms with Gasteiger partial charge in [0.25, 0.3) is 0 Å². The number of piperazine rings is 1. The van der Waals surface area contributed by atoms with Crippen molar-refractivity contribution >= 4 is 17.7 Å². The van der Waals surface area contributed by atoms with E-state index in [4.69, 9.17) is 18.9 Å². The fraction of sp³-hybridized carbons (Fsp3) is 0.865. The summed E-state index contributed by atoms with van der Waals surface area (Å²) in [6, 6.07) is 0. The van der Waals surface area contributed by atoms with Crippen LogP contribution in [0.15, 0.2) is 11.6 Å². The molecule has 14 atom stereocenters. The molecule has 0 radical (unpaired) electrons. The maximum Gasteiger partial charge on any atom is 0.320 e. The third-order valence-corrected chi connectivity index (χ3v) is 12.6. The van der Waals surface area contributed by atoms with E-state index >= 15 is 0 Å². The molecule has 276 valence electrons. The number of aliphatic hydroxyl groups is 3. The second-order valence-electron chi connectivity index (χ2n) is 15.8. The Kier molecular flexibility index (Phi) is 11.8. The minimum absolute atomic E-state index is 0.0418. The van der Waals surface area contributed by atoms with Gasteiger partial charge in [-0.3, -0.25) is 19.3 Å². The number of ketones is 1. The molecule has 3 aliphatic carbocycles. The highest BCUT2D eigenvalue weighted by Gasteiger charge is 2.53. The predicted octanol–water partition coefficient (Wildman–Crippen LogP) is 2.07. The van der Waals surface area contributed by atoms with E-state index in [0.29, 0.717) is 43.6 Å². The van der Waals surface area contributed by atoms with Crippen molar-refractivity contribution < 1.29 is 48.7 Å². The minimum atomic E-state index is -1.35. The second-order valence-corrected chi connectivity index (χ2v) is 15.8. The predicted molar refractivity (Wildman–Crippen MR) is 178 cm³/mol. The first-order valence-electron chi connectivity index (χ1n) is 18.8. The van der Waals surface area contributed by atoms with E-state index in [0.717, 1.165) is 45.4 Å². The second kappa shape index (κ2) is 15.8. The maximum absolute atomic E-state index is 14.4. The number of cyclic esters (lactones) is 1. The molecule has 2 saturated carbocycles. The van der Waals surface area contributed by atoms with Crippen LogP contribution >= 0.6 is 0 Å². The first-order valence-corrected chi connectivity index (χ1v) is 18.8. The molecule has 3 N–H and O–H groups in total. The molecule has 49 heavy (non-hydrogen) atoms. The third-order valence-electron chi connectivity index (χ3n) is 12.6. The monoisotopic (exact) mass is 690 g/mol. The molecule has 12 heteroatoms. The zero-order valence-corrected chi connectivity index (χ0v) is 29.7. The van der Waals surface area contributed by atoms with Gasteiger partial charge in [0.05, 0.1) is 31.1 Å². The van der Waals surface area contributed by atoms with Gasteiger partial charge in [0, 0.05) is 32.1 Å². The molecule has 12 nitrogen and oxygen atoms in total. The summed E-state index contributed by atoms with van der Waals surface area (Å²) in [5.41, 5.74) is 0.676. The maximum atomic E-state index is 14.4. The highest BCUT2D eigenvalue weighted by Crippen LogP contribution is 2.56. The highest BCUT2D eigenvalue weighted by molar-refractivity contribution is 5.99. The molecule has 3 saturated heterocycles. The van der Waals surface area contributed by atoms with Crippen molar-refractivity contribution in [3.05, 3.63) is 11.6 Å². The molecule has 0 aromatic rings. The van der Waals surface area contributed by atoms with E-state index in [1.165, 1.54) is 0 Å². The Balaban J connectivity index is 1.18. The summed E-state index contributed by atoms with van der Waals surface area (Å²) >= 11 is 0. The number of esters is 2. The lowest BCUT2D eigenvalue weighted by Crippen LogP contribution is -2.57. The van der Waals surface area contributed by atoms with Gasteiger partial charge < -0.3 is 39.2 Å². The summed E-state index contributed by atoms with van der Waals surface area (Å²) in [5, 5.41) is 31.0. The summed E-state index contributed by atoms with van der Waals surface area (Å²) in [5.74, 6) is -0.601. The largest absolute Gasteiger partial charge is 0.462 e. The van der Waals surface area contributed by atoms with Crippen LogP contribution in [0, 0.1) is 35.5 Å². The molecule has 9 unspecified atom stereocenters. The molecule has 0 amide bonds. The third kappa shape index (κ3) is 8.10. The molecular weight excluding hydrogens is 632 g/mol. The number of Topliss-reactive ketones (excluding diaryl/α,β-unsaturated/α-hetero) is 1. The van der Waals surface area contributed by atoms with Crippen molar-refractivity contribution in [3.63, 3.8) is 0 Å². The molecule has 5 fully saturated rings. The summed E-state index contributed by atoms with van der Waals surface area (Å²) in [6.07, 6.45) is 1.58. The van der Waals surface area contributed by atoms with Crippen LogP contribution in [0.25, 0.3) is 0 Å². The van der Waals surface area contributed by atoms with Gasteiger partial charge in [0.1, 0.15) is 30.5 Å². The highest BCUT2D eigenvalue weighted by atomic mass is 16.7. The van der Waals surface area contributed by atoms with Crippen molar-refractivity contribution in [1.29, 1.82) is 0 Å². The van der Waals surface area contributed by atoms with E-state index < -0.39 is 42.7 Å². The Hall–Kier alpha value is -1.93. The van der Waals surface area contributed by atoms with Gasteiger partial charge in [-0.25, -0.2) is 0 Å². The molecule has 0 aromatic heterocycles. The number of nitrogens with zero attached hydrogens (tertiary/aromatic N) is 2. The van der Waals surface area contributed by atoms with Crippen molar-refractivity contribution in [3.8, 4) is 0 Å². The van der Waals surface area contributed by atoms with Crippen molar-refractivity contribution in [2.24, 2.45) is 35.5 Å². The van der Waals surface area contributed by atoms with Crippen molar-refractivity contribution in [2.75, 3.05) is 39.8 Å². The summed E-state index contributed by atoms with van der Waals surface area (Å²) in [6.45, 7) is 9.16. The quantitative estimate of drug-likeness (QED) is 0.350. The van der Waals surface area contributed by atoms with Gasteiger partial charge in [-0.1, -0.05) is 19.9 Å². The van der Waals surface area contributed by atoms with Crippen LogP contribution in [0.4, 0.5) is 0 Å². The number of fused-ring (bicyclic) bond motifs is 5. The SMILES string of the molecule is CCC1CCCC(OC(=O)CN2CCN(C)CC2)C(C)C(=O)C2=CC3C4CC(O[C@@H]5O[C@@H](C)[C@H](O)[C@@H](O)[C@H]5O)CC4CCC3C2CC(=O)O1. The number of carbonyl (C=O) groups excluding carboxylic acids is 3. The van der Waals surface area contributed by atoms with Crippen LogP contribution in [-0.2, 0) is 33.3 Å². The van der Waals surface area contributed by atoms with Gasteiger partial charge in [-0.05, 0) is 94.6 Å². The van der Waals surface area contributed by atoms with E-state index in [9.17, 15) is 29.7 Å². The van der Waals surface area contributed by atoms with Crippen LogP contribution in [0.3, 0.4) is 0 Å². The molecule has 3 heterocycles. The molecule has 6 aliphatic rings. The van der Waals surface area contributed by atoms with Gasteiger partial charge in [-0.15, -0.1) is 0 Å². The van der Waals surface area contributed by atoms with E-state index in [-0.39, 0.29) is 66.6 Å². The van der Waals surface area contributed by atoms with Crippen LogP contribution < -0.4 is 0 Å². The average Bonchev–Trinajstić information content (AvgIpc) is 3.66. The number of rotatable bonds is 6. The van der Waals surface area contributed by atoms with Crippen molar-refractivity contribution in [1.82, 2.24) is 9.80 Å².